The van der Waals surface area contributed by atoms with Gasteiger partial charge in [-0.2, -0.15) is 0 Å². The van der Waals surface area contributed by atoms with Crippen molar-refractivity contribution in [3.8, 4) is 0 Å². The van der Waals surface area contributed by atoms with Crippen LogP contribution in [0.2, 0.25) is 0 Å². The van der Waals surface area contributed by atoms with E-state index in [1.807, 2.05) is 18.5 Å². The molecule has 0 amide bonds. The van der Waals surface area contributed by atoms with Crippen molar-refractivity contribution in [1.82, 2.24) is 20.8 Å². The van der Waals surface area contributed by atoms with Gasteiger partial charge in [0.25, 0.3) is 0 Å². The molecule has 0 bridgehead atoms. The summed E-state index contributed by atoms with van der Waals surface area (Å²) in [5.41, 5.74) is 3.95. The Bertz CT molecular complexity index is 636. The van der Waals surface area contributed by atoms with Crippen molar-refractivity contribution in [3.05, 3.63) is 33.6 Å². The van der Waals surface area contributed by atoms with Crippen LogP contribution in [0.15, 0.2) is 21.1 Å². The first kappa shape index (κ1) is 20.9. The molecule has 8 heteroatoms. The zero-order valence-corrected chi connectivity index (χ0v) is 17.8. The van der Waals surface area contributed by atoms with E-state index in [9.17, 15) is 0 Å². The molecule has 2 rings (SSSR count). The van der Waals surface area contributed by atoms with Crippen molar-refractivity contribution in [2.45, 2.75) is 52.6 Å². The Morgan fingerprint density at radius 1 is 1.29 bits per heavy atom. The van der Waals surface area contributed by atoms with Gasteiger partial charge in [0, 0.05) is 23.9 Å². The zero-order valence-electron chi connectivity index (χ0n) is 14.6. The van der Waals surface area contributed by atoms with Gasteiger partial charge >= 0.3 is 0 Å². The summed E-state index contributed by atoms with van der Waals surface area (Å²) in [6, 6.07) is 2.03. The Labute approximate surface area is 164 Å². The number of halogens is 1. The Morgan fingerprint density at radius 2 is 2.00 bits per heavy atom. The minimum Gasteiger partial charge on any atom is -0.359 e. The number of guanidine groups is 1. The molecule has 24 heavy (non-hydrogen) atoms. The largest absolute Gasteiger partial charge is 0.359 e. The molecule has 0 spiro atoms. The molecule has 0 aliphatic rings. The second kappa shape index (κ2) is 10.7. The summed E-state index contributed by atoms with van der Waals surface area (Å²) < 4.78 is 5.41. The Kier molecular flexibility index (Phi) is 9.27. The van der Waals surface area contributed by atoms with Crippen LogP contribution in [0, 0.1) is 6.92 Å². The predicted octanol–water partition coefficient (Wildman–Crippen LogP) is 3.83. The lowest BCUT2D eigenvalue weighted by molar-refractivity contribution is 0.368. The van der Waals surface area contributed by atoms with Crippen molar-refractivity contribution in [1.29, 1.82) is 0 Å². The lowest BCUT2D eigenvalue weighted by Gasteiger charge is -2.10. The van der Waals surface area contributed by atoms with Crippen LogP contribution in [0.1, 0.15) is 54.6 Å². The van der Waals surface area contributed by atoms with E-state index in [0.717, 1.165) is 35.9 Å². The van der Waals surface area contributed by atoms with E-state index in [0.29, 0.717) is 19.0 Å². The molecule has 0 atom stereocenters. The topological polar surface area (TPSA) is 75.3 Å². The summed E-state index contributed by atoms with van der Waals surface area (Å²) in [6.07, 6.45) is 2.15. The molecule has 2 N–H and O–H groups in total. The summed E-state index contributed by atoms with van der Waals surface area (Å²) in [4.78, 5) is 9.68. The van der Waals surface area contributed by atoms with Gasteiger partial charge in [0.2, 0.25) is 0 Å². The van der Waals surface area contributed by atoms with Crippen LogP contribution in [-0.4, -0.2) is 23.1 Å². The number of aliphatic imine (C=N–C) groups is 1. The summed E-state index contributed by atoms with van der Waals surface area (Å²) in [6.45, 7) is 7.64. The summed E-state index contributed by atoms with van der Waals surface area (Å²) in [7, 11) is 1.75. The maximum Gasteiger partial charge on any atom is 0.191 e. The van der Waals surface area contributed by atoms with Crippen LogP contribution < -0.4 is 10.6 Å². The van der Waals surface area contributed by atoms with E-state index in [-0.39, 0.29) is 24.0 Å². The van der Waals surface area contributed by atoms with Gasteiger partial charge in [-0.15, -0.1) is 35.3 Å². The van der Waals surface area contributed by atoms with Gasteiger partial charge in [0.1, 0.15) is 0 Å². The van der Waals surface area contributed by atoms with Gasteiger partial charge in [0.15, 0.2) is 11.7 Å². The number of nitrogens with one attached hydrogen (secondary N) is 2. The van der Waals surface area contributed by atoms with Gasteiger partial charge in [-0.25, -0.2) is 4.98 Å². The van der Waals surface area contributed by atoms with Crippen molar-refractivity contribution >= 4 is 41.3 Å². The Balaban J connectivity index is 0.00000288. The van der Waals surface area contributed by atoms with Crippen LogP contribution in [0.5, 0.6) is 0 Å². The average molecular weight is 463 g/mol. The maximum atomic E-state index is 5.41. The highest BCUT2D eigenvalue weighted by Crippen LogP contribution is 2.22. The smallest absolute Gasteiger partial charge is 0.191 e. The molecule has 0 aromatic carbocycles. The Morgan fingerprint density at radius 3 is 2.58 bits per heavy atom. The predicted molar refractivity (Wildman–Crippen MR) is 109 cm³/mol. The highest BCUT2D eigenvalue weighted by Gasteiger charge is 2.13. The third-order valence-corrected chi connectivity index (χ3v) is 4.83. The monoisotopic (exact) mass is 463 g/mol. The fourth-order valence-electron chi connectivity index (χ4n) is 2.36. The van der Waals surface area contributed by atoms with Crippen LogP contribution >= 0.6 is 35.3 Å². The second-order valence-electron chi connectivity index (χ2n) is 5.37. The van der Waals surface area contributed by atoms with Crippen molar-refractivity contribution in [2.24, 2.45) is 4.99 Å². The molecule has 0 fully saturated rings. The van der Waals surface area contributed by atoms with E-state index < -0.39 is 0 Å². The molecular formula is C16H26IN5OS. The number of hydrogen-bond acceptors (Lipinski definition) is 5. The van der Waals surface area contributed by atoms with Crippen LogP contribution in [-0.2, 0) is 13.1 Å². The highest BCUT2D eigenvalue weighted by molar-refractivity contribution is 14.0. The van der Waals surface area contributed by atoms with E-state index >= 15 is 0 Å². The first-order valence-corrected chi connectivity index (χ1v) is 8.84. The third kappa shape index (κ3) is 5.73. The number of aromatic nitrogens is 2. The van der Waals surface area contributed by atoms with Crippen molar-refractivity contribution < 1.29 is 4.52 Å². The molecule has 134 valence electrons. The van der Waals surface area contributed by atoms with E-state index in [4.69, 9.17) is 4.52 Å². The van der Waals surface area contributed by atoms with E-state index in [1.165, 1.54) is 4.88 Å². The molecule has 0 unspecified atom stereocenters. The van der Waals surface area contributed by atoms with Gasteiger partial charge in [0.05, 0.1) is 30.0 Å². The van der Waals surface area contributed by atoms with Crippen LogP contribution in [0.4, 0.5) is 0 Å². The number of hydrogen-bond donors (Lipinski definition) is 2. The molecular weight excluding hydrogens is 437 g/mol. The van der Waals surface area contributed by atoms with Crippen molar-refractivity contribution in [2.75, 3.05) is 7.05 Å². The lowest BCUT2D eigenvalue weighted by atomic mass is 9.99. The van der Waals surface area contributed by atoms with E-state index in [2.05, 4.69) is 39.6 Å². The summed E-state index contributed by atoms with van der Waals surface area (Å²) in [5, 5.41) is 10.7. The minimum absolute atomic E-state index is 0. The fourth-order valence-corrected chi connectivity index (χ4v) is 3.08. The minimum atomic E-state index is 0. The fraction of sp³-hybridized carbons (Fsp3) is 0.562. The standard InChI is InChI=1S/C16H25N5OS.HI/c1-5-12(6-2)14-7-13(22-21-14)8-18-16(17-4)19-9-15-11(3)20-10-23-15;/h7,10,12H,5-6,8-9H2,1-4H3,(H2,17,18,19);1H. The number of rotatable bonds is 7. The molecule has 0 aliphatic heterocycles. The SMILES string of the molecule is CCC(CC)c1cc(CNC(=NC)NCc2scnc2C)on1.I. The highest BCUT2D eigenvalue weighted by atomic mass is 127. The first-order chi connectivity index (χ1) is 11.2. The molecule has 0 aliphatic carbocycles. The first-order valence-electron chi connectivity index (χ1n) is 7.96. The molecule has 2 aromatic heterocycles. The normalized spacial score (nSPS) is 11.5. The van der Waals surface area contributed by atoms with Gasteiger partial charge < -0.3 is 15.2 Å². The molecule has 0 saturated heterocycles. The van der Waals surface area contributed by atoms with Crippen molar-refractivity contribution in [3.63, 3.8) is 0 Å². The molecule has 6 nitrogen and oxygen atoms in total. The van der Waals surface area contributed by atoms with Gasteiger partial charge in [-0.3, -0.25) is 4.99 Å². The molecule has 2 aromatic rings. The summed E-state index contributed by atoms with van der Waals surface area (Å²) in [5.74, 6) is 2.03. The average Bonchev–Trinajstić information content (AvgIpc) is 3.18. The molecule has 0 saturated carbocycles. The van der Waals surface area contributed by atoms with E-state index in [1.54, 1.807) is 18.4 Å². The zero-order chi connectivity index (χ0) is 16.7. The Hall–Kier alpha value is -1.16. The number of thiazole rings is 1. The maximum absolute atomic E-state index is 5.41. The molecule has 2 heterocycles. The van der Waals surface area contributed by atoms with Crippen LogP contribution in [0.25, 0.3) is 0 Å². The van der Waals surface area contributed by atoms with Gasteiger partial charge in [-0.1, -0.05) is 19.0 Å². The van der Waals surface area contributed by atoms with Crippen LogP contribution in [0.3, 0.4) is 0 Å². The molecule has 0 radical (unpaired) electrons. The third-order valence-electron chi connectivity index (χ3n) is 3.90. The number of aryl methyl sites for hydroxylation is 1. The van der Waals surface area contributed by atoms with Gasteiger partial charge in [-0.05, 0) is 19.8 Å². The number of nitrogens with zero attached hydrogens (tertiary/aromatic N) is 3. The quantitative estimate of drug-likeness (QED) is 0.371. The second-order valence-corrected chi connectivity index (χ2v) is 6.31. The lowest BCUT2D eigenvalue weighted by Crippen LogP contribution is -2.36. The summed E-state index contributed by atoms with van der Waals surface area (Å²) >= 11 is 1.64.